The predicted octanol–water partition coefficient (Wildman–Crippen LogP) is 1.71. The second-order valence-electron chi connectivity index (χ2n) is 4.20. The lowest BCUT2D eigenvalue weighted by atomic mass is 9.88. The Kier molecular flexibility index (Phi) is 3.38. The molecule has 1 aromatic rings. The monoisotopic (exact) mass is 241 g/mol. The second kappa shape index (κ2) is 4.79. The standard InChI is InChI=1S/C12H16FNO3/c1-17-9-6-8(15)12(16)10(11(9)13)7-2-4-14-5-3-7/h6-7,14-16H,2-5H2,1H3. The summed E-state index contributed by atoms with van der Waals surface area (Å²) < 4.78 is 18.9. The third-order valence-corrected chi connectivity index (χ3v) is 3.19. The van der Waals surface area contributed by atoms with Crippen LogP contribution in [0.5, 0.6) is 17.2 Å². The lowest BCUT2D eigenvalue weighted by Crippen LogP contribution is -2.27. The Hall–Kier alpha value is -1.49. The molecule has 94 valence electrons. The second-order valence-corrected chi connectivity index (χ2v) is 4.20. The van der Waals surface area contributed by atoms with Gasteiger partial charge in [-0.05, 0) is 31.8 Å². The minimum Gasteiger partial charge on any atom is -0.504 e. The van der Waals surface area contributed by atoms with E-state index >= 15 is 0 Å². The fraction of sp³-hybridized carbons (Fsp3) is 0.500. The van der Waals surface area contributed by atoms with Crippen LogP contribution in [-0.4, -0.2) is 30.4 Å². The van der Waals surface area contributed by atoms with Gasteiger partial charge in [0, 0.05) is 11.6 Å². The van der Waals surface area contributed by atoms with Crippen molar-refractivity contribution in [2.24, 2.45) is 0 Å². The van der Waals surface area contributed by atoms with Crippen molar-refractivity contribution in [3.05, 3.63) is 17.4 Å². The Bertz CT molecular complexity index is 417. The summed E-state index contributed by atoms with van der Waals surface area (Å²) in [5.41, 5.74) is 0.170. The Morgan fingerprint density at radius 1 is 1.35 bits per heavy atom. The van der Waals surface area contributed by atoms with Crippen LogP contribution in [0.25, 0.3) is 0 Å². The van der Waals surface area contributed by atoms with Gasteiger partial charge >= 0.3 is 0 Å². The number of phenolic OH excluding ortho intramolecular Hbond substituents is 2. The number of rotatable bonds is 2. The van der Waals surface area contributed by atoms with Gasteiger partial charge in [0.05, 0.1) is 7.11 Å². The maximum atomic E-state index is 14.1. The first-order chi connectivity index (χ1) is 8.15. The van der Waals surface area contributed by atoms with Crippen molar-refractivity contribution in [1.82, 2.24) is 5.32 Å². The zero-order valence-corrected chi connectivity index (χ0v) is 9.66. The lowest BCUT2D eigenvalue weighted by molar-refractivity contribution is 0.346. The molecule has 1 aliphatic rings. The minimum atomic E-state index is -0.574. The molecule has 1 aliphatic heterocycles. The molecule has 5 heteroatoms. The zero-order chi connectivity index (χ0) is 12.4. The average molecular weight is 241 g/mol. The van der Waals surface area contributed by atoms with Gasteiger partial charge in [-0.1, -0.05) is 0 Å². The maximum absolute atomic E-state index is 14.1. The highest BCUT2D eigenvalue weighted by Gasteiger charge is 2.26. The summed E-state index contributed by atoms with van der Waals surface area (Å²) in [5.74, 6) is -1.40. The highest BCUT2D eigenvalue weighted by molar-refractivity contribution is 5.52. The number of aromatic hydroxyl groups is 2. The molecule has 1 aromatic carbocycles. The molecule has 0 saturated carbocycles. The molecule has 1 saturated heterocycles. The van der Waals surface area contributed by atoms with Crippen molar-refractivity contribution in [3.63, 3.8) is 0 Å². The van der Waals surface area contributed by atoms with Gasteiger partial charge in [0.2, 0.25) is 0 Å². The highest BCUT2D eigenvalue weighted by Crippen LogP contribution is 2.43. The largest absolute Gasteiger partial charge is 0.504 e. The molecule has 0 aromatic heterocycles. The van der Waals surface area contributed by atoms with Gasteiger partial charge in [-0.2, -0.15) is 0 Å². The maximum Gasteiger partial charge on any atom is 0.172 e. The topological polar surface area (TPSA) is 61.7 Å². The van der Waals surface area contributed by atoms with Crippen molar-refractivity contribution >= 4 is 0 Å². The van der Waals surface area contributed by atoms with Crippen molar-refractivity contribution in [2.75, 3.05) is 20.2 Å². The summed E-state index contributed by atoms with van der Waals surface area (Å²) in [7, 11) is 1.33. The highest BCUT2D eigenvalue weighted by atomic mass is 19.1. The van der Waals surface area contributed by atoms with Crippen LogP contribution in [-0.2, 0) is 0 Å². The molecule has 0 radical (unpaired) electrons. The normalized spacial score (nSPS) is 17.1. The molecule has 4 nitrogen and oxygen atoms in total. The van der Waals surface area contributed by atoms with E-state index in [0.717, 1.165) is 32.0 Å². The molecule has 0 aliphatic carbocycles. The molecule has 17 heavy (non-hydrogen) atoms. The van der Waals surface area contributed by atoms with Gasteiger partial charge in [0.15, 0.2) is 23.1 Å². The predicted molar refractivity (Wildman–Crippen MR) is 61.1 cm³/mol. The van der Waals surface area contributed by atoms with E-state index in [1.54, 1.807) is 0 Å². The molecular formula is C12H16FNO3. The van der Waals surface area contributed by atoms with Crippen LogP contribution in [0.15, 0.2) is 6.07 Å². The smallest absolute Gasteiger partial charge is 0.172 e. The fourth-order valence-corrected chi connectivity index (χ4v) is 2.26. The van der Waals surface area contributed by atoms with E-state index in [0.29, 0.717) is 0 Å². The number of piperidine rings is 1. The molecule has 0 bridgehead atoms. The van der Waals surface area contributed by atoms with Crippen LogP contribution in [0, 0.1) is 5.82 Å². The van der Waals surface area contributed by atoms with Crippen molar-refractivity contribution in [3.8, 4) is 17.2 Å². The number of hydrogen-bond donors (Lipinski definition) is 3. The average Bonchev–Trinajstić information content (AvgIpc) is 2.35. The Labute approximate surface area is 99.0 Å². The van der Waals surface area contributed by atoms with E-state index in [9.17, 15) is 14.6 Å². The minimum absolute atomic E-state index is 0.0335. The van der Waals surface area contributed by atoms with E-state index in [4.69, 9.17) is 4.74 Å². The summed E-state index contributed by atoms with van der Waals surface area (Å²) in [6, 6.07) is 1.09. The summed E-state index contributed by atoms with van der Waals surface area (Å²) in [4.78, 5) is 0. The first kappa shape index (κ1) is 12.0. The van der Waals surface area contributed by atoms with Crippen LogP contribution in [0.2, 0.25) is 0 Å². The van der Waals surface area contributed by atoms with E-state index in [-0.39, 0.29) is 28.7 Å². The first-order valence-corrected chi connectivity index (χ1v) is 5.64. The van der Waals surface area contributed by atoms with Gasteiger partial charge < -0.3 is 20.3 Å². The quantitative estimate of drug-likeness (QED) is 0.690. The summed E-state index contributed by atoms with van der Waals surface area (Å²) >= 11 is 0. The van der Waals surface area contributed by atoms with Gasteiger partial charge in [-0.25, -0.2) is 4.39 Å². The molecule has 2 rings (SSSR count). The number of phenols is 2. The number of methoxy groups -OCH3 is 1. The van der Waals surface area contributed by atoms with Crippen molar-refractivity contribution in [2.45, 2.75) is 18.8 Å². The van der Waals surface area contributed by atoms with Crippen LogP contribution < -0.4 is 10.1 Å². The number of nitrogens with one attached hydrogen (secondary N) is 1. The first-order valence-electron chi connectivity index (χ1n) is 5.64. The van der Waals surface area contributed by atoms with Gasteiger partial charge in [0.1, 0.15) is 0 Å². The van der Waals surface area contributed by atoms with E-state index < -0.39 is 5.82 Å². The third kappa shape index (κ3) is 2.15. The van der Waals surface area contributed by atoms with Crippen LogP contribution in [0.1, 0.15) is 24.3 Å². The van der Waals surface area contributed by atoms with Crippen LogP contribution >= 0.6 is 0 Å². The molecule has 0 spiro atoms. The molecular weight excluding hydrogens is 225 g/mol. The van der Waals surface area contributed by atoms with Crippen LogP contribution in [0.3, 0.4) is 0 Å². The van der Waals surface area contributed by atoms with Crippen LogP contribution in [0.4, 0.5) is 4.39 Å². The summed E-state index contributed by atoms with van der Waals surface area (Å²) in [6.07, 6.45) is 1.47. The number of halogens is 1. The Morgan fingerprint density at radius 3 is 2.59 bits per heavy atom. The fourth-order valence-electron chi connectivity index (χ4n) is 2.26. The Morgan fingerprint density at radius 2 is 2.00 bits per heavy atom. The van der Waals surface area contributed by atoms with E-state index in [1.807, 2.05) is 0 Å². The molecule has 0 unspecified atom stereocenters. The molecule has 0 amide bonds. The van der Waals surface area contributed by atoms with E-state index in [1.165, 1.54) is 7.11 Å². The van der Waals surface area contributed by atoms with Crippen molar-refractivity contribution < 1.29 is 19.3 Å². The molecule has 1 heterocycles. The van der Waals surface area contributed by atoms with Crippen molar-refractivity contribution in [1.29, 1.82) is 0 Å². The summed E-state index contributed by atoms with van der Waals surface area (Å²) in [6.45, 7) is 1.56. The van der Waals surface area contributed by atoms with Gasteiger partial charge in [0.25, 0.3) is 0 Å². The zero-order valence-electron chi connectivity index (χ0n) is 9.66. The third-order valence-electron chi connectivity index (χ3n) is 3.19. The summed E-state index contributed by atoms with van der Waals surface area (Å²) in [5, 5.41) is 22.5. The van der Waals surface area contributed by atoms with E-state index in [2.05, 4.69) is 5.32 Å². The van der Waals surface area contributed by atoms with Gasteiger partial charge in [-0.3, -0.25) is 0 Å². The molecule has 3 N–H and O–H groups in total. The molecule has 1 fully saturated rings. The number of benzene rings is 1. The Balaban J connectivity index is 2.46. The van der Waals surface area contributed by atoms with Gasteiger partial charge in [-0.15, -0.1) is 0 Å². The lowest BCUT2D eigenvalue weighted by Gasteiger charge is -2.24. The SMILES string of the molecule is COc1cc(O)c(O)c(C2CCNCC2)c1F. The molecule has 0 atom stereocenters. The number of ether oxygens (including phenoxy) is 1. The number of hydrogen-bond acceptors (Lipinski definition) is 4.